The number of allylic oxidation sites excluding steroid dienone is 1. The van der Waals surface area contributed by atoms with E-state index in [1.54, 1.807) is 0 Å². The van der Waals surface area contributed by atoms with E-state index < -0.39 is 0 Å². The molecule has 1 aromatic rings. The minimum atomic E-state index is -0.00583. The van der Waals surface area contributed by atoms with Gasteiger partial charge in [0.2, 0.25) is 0 Å². The van der Waals surface area contributed by atoms with Crippen molar-refractivity contribution in [1.82, 2.24) is 0 Å². The maximum Gasteiger partial charge on any atom is 0.175 e. The third-order valence-corrected chi connectivity index (χ3v) is 2.18. The third kappa shape index (κ3) is 2.42. The molecule has 0 saturated heterocycles. The average Bonchev–Trinajstić information content (AvgIpc) is 2.20. The second-order valence-corrected chi connectivity index (χ2v) is 3.06. The van der Waals surface area contributed by atoms with Crippen molar-refractivity contribution in [2.24, 2.45) is 5.73 Å². The molecule has 1 aromatic carbocycles. The van der Waals surface area contributed by atoms with Crippen LogP contribution in [0.2, 0.25) is 0 Å². The van der Waals surface area contributed by atoms with Crippen molar-refractivity contribution < 1.29 is 4.79 Å². The van der Waals surface area contributed by atoms with E-state index in [2.05, 4.69) is 15.9 Å². The topological polar surface area (TPSA) is 43.1 Å². The summed E-state index contributed by atoms with van der Waals surface area (Å²) in [6, 6.07) is 9.37. The lowest BCUT2D eigenvalue weighted by Gasteiger charge is -2.02. The molecule has 0 saturated carbocycles. The van der Waals surface area contributed by atoms with Crippen LogP contribution in [0.15, 0.2) is 36.5 Å². The van der Waals surface area contributed by atoms with E-state index in [0.29, 0.717) is 10.9 Å². The van der Waals surface area contributed by atoms with Crippen molar-refractivity contribution >= 4 is 27.3 Å². The molecule has 0 atom stereocenters. The number of rotatable bonds is 3. The summed E-state index contributed by atoms with van der Waals surface area (Å²) < 4.78 is 0. The molecule has 0 radical (unpaired) electrons. The van der Waals surface area contributed by atoms with Crippen LogP contribution in [0.25, 0.3) is 5.57 Å². The summed E-state index contributed by atoms with van der Waals surface area (Å²) in [7, 11) is 0. The van der Waals surface area contributed by atoms with Crippen LogP contribution in [-0.4, -0.2) is 11.1 Å². The predicted molar refractivity (Wildman–Crippen MR) is 57.4 cm³/mol. The molecule has 13 heavy (non-hydrogen) atoms. The normalized spacial score (nSPS) is 11.3. The van der Waals surface area contributed by atoms with Gasteiger partial charge in [-0.15, -0.1) is 0 Å². The molecule has 2 N–H and O–H groups in total. The second kappa shape index (κ2) is 4.82. The number of benzene rings is 1. The molecule has 0 unspecified atom stereocenters. The summed E-state index contributed by atoms with van der Waals surface area (Å²) in [6.45, 7) is 0. The molecule has 0 fully saturated rings. The summed E-state index contributed by atoms with van der Waals surface area (Å²) >= 11 is 3.11. The Morgan fingerprint density at radius 1 is 1.38 bits per heavy atom. The molecule has 1 rings (SSSR count). The number of alkyl halides is 1. The van der Waals surface area contributed by atoms with E-state index in [1.165, 1.54) is 6.20 Å². The van der Waals surface area contributed by atoms with Crippen LogP contribution < -0.4 is 5.73 Å². The van der Waals surface area contributed by atoms with E-state index in [1.807, 2.05) is 30.3 Å². The van der Waals surface area contributed by atoms with Gasteiger partial charge in [-0.3, -0.25) is 4.79 Å². The second-order valence-electron chi connectivity index (χ2n) is 2.50. The van der Waals surface area contributed by atoms with Crippen LogP contribution in [0, 0.1) is 0 Å². The number of Topliss-reactive ketones (excluding diaryl/α,β-unsaturated/α-hetero) is 1. The van der Waals surface area contributed by atoms with Crippen LogP contribution in [0.1, 0.15) is 5.56 Å². The molecule has 0 aliphatic heterocycles. The average molecular weight is 240 g/mol. The quantitative estimate of drug-likeness (QED) is 0.648. The molecule has 0 amide bonds. The van der Waals surface area contributed by atoms with E-state index in [0.717, 1.165) is 5.56 Å². The Morgan fingerprint density at radius 2 is 2.00 bits per heavy atom. The maximum atomic E-state index is 11.3. The maximum absolute atomic E-state index is 11.3. The molecule has 68 valence electrons. The van der Waals surface area contributed by atoms with Crippen LogP contribution in [-0.2, 0) is 4.79 Å². The highest BCUT2D eigenvalue weighted by Gasteiger charge is 2.08. The fourth-order valence-electron chi connectivity index (χ4n) is 1.04. The third-order valence-electron chi connectivity index (χ3n) is 1.67. The van der Waals surface area contributed by atoms with Crippen LogP contribution in [0.4, 0.5) is 0 Å². The van der Waals surface area contributed by atoms with Gasteiger partial charge in [-0.1, -0.05) is 46.3 Å². The van der Waals surface area contributed by atoms with Crippen molar-refractivity contribution in [3.05, 3.63) is 42.1 Å². The van der Waals surface area contributed by atoms with Gasteiger partial charge < -0.3 is 5.73 Å². The van der Waals surface area contributed by atoms with E-state index in [9.17, 15) is 4.79 Å². The van der Waals surface area contributed by atoms with Crippen LogP contribution in [0.3, 0.4) is 0 Å². The number of hydrogen-bond acceptors (Lipinski definition) is 2. The number of ketones is 1. The molecular weight excluding hydrogens is 230 g/mol. The molecule has 0 bridgehead atoms. The number of carbonyl (C=O) groups is 1. The first-order valence-corrected chi connectivity index (χ1v) is 4.98. The number of hydrogen-bond donors (Lipinski definition) is 1. The monoisotopic (exact) mass is 239 g/mol. The summed E-state index contributed by atoms with van der Waals surface area (Å²) in [6.07, 6.45) is 1.35. The van der Waals surface area contributed by atoms with Gasteiger partial charge in [0.15, 0.2) is 5.78 Å². The zero-order valence-electron chi connectivity index (χ0n) is 7.03. The van der Waals surface area contributed by atoms with E-state index >= 15 is 0 Å². The fourth-order valence-corrected chi connectivity index (χ4v) is 1.34. The van der Waals surface area contributed by atoms with Gasteiger partial charge in [-0.05, 0) is 5.56 Å². The minimum absolute atomic E-state index is 0.00583. The molecule has 0 aliphatic rings. The summed E-state index contributed by atoms with van der Waals surface area (Å²) in [4.78, 5) is 11.3. The molecule has 2 nitrogen and oxygen atoms in total. The Morgan fingerprint density at radius 3 is 2.46 bits per heavy atom. The van der Waals surface area contributed by atoms with Crippen LogP contribution >= 0.6 is 15.9 Å². The molecule has 3 heteroatoms. The van der Waals surface area contributed by atoms with Crippen molar-refractivity contribution in [3.63, 3.8) is 0 Å². The Bertz CT molecular complexity index is 319. The number of carbonyl (C=O) groups excluding carboxylic acids is 1. The standard InChI is InChI=1S/C10H10BrNO/c11-6-10(13)9(7-12)8-4-2-1-3-5-8/h1-5,7H,6,12H2. The largest absolute Gasteiger partial charge is 0.404 e. The Balaban J connectivity index is 3.00. The van der Waals surface area contributed by atoms with E-state index in [4.69, 9.17) is 5.73 Å². The minimum Gasteiger partial charge on any atom is -0.404 e. The highest BCUT2D eigenvalue weighted by Crippen LogP contribution is 2.14. The first-order chi connectivity index (χ1) is 6.29. The first kappa shape index (κ1) is 9.99. The smallest absolute Gasteiger partial charge is 0.175 e. The lowest BCUT2D eigenvalue weighted by atomic mass is 10.0. The fraction of sp³-hybridized carbons (Fsp3) is 0.100. The van der Waals surface area contributed by atoms with Crippen molar-refractivity contribution in [3.8, 4) is 0 Å². The van der Waals surface area contributed by atoms with Gasteiger partial charge in [0.25, 0.3) is 0 Å². The molecule has 0 aromatic heterocycles. The summed E-state index contributed by atoms with van der Waals surface area (Å²) in [5, 5.41) is 0.297. The molecule has 0 heterocycles. The van der Waals surface area contributed by atoms with Crippen molar-refractivity contribution in [2.75, 3.05) is 5.33 Å². The highest BCUT2D eigenvalue weighted by atomic mass is 79.9. The Kier molecular flexibility index (Phi) is 3.71. The Hall–Kier alpha value is -1.09. The van der Waals surface area contributed by atoms with Crippen LogP contribution in [0.5, 0.6) is 0 Å². The highest BCUT2D eigenvalue weighted by molar-refractivity contribution is 9.09. The zero-order chi connectivity index (χ0) is 9.68. The Labute approximate surface area is 85.6 Å². The number of halogens is 1. The van der Waals surface area contributed by atoms with Crippen molar-refractivity contribution in [1.29, 1.82) is 0 Å². The summed E-state index contributed by atoms with van der Waals surface area (Å²) in [5.41, 5.74) is 6.79. The molecular formula is C10H10BrNO. The first-order valence-electron chi connectivity index (χ1n) is 3.86. The van der Waals surface area contributed by atoms with Gasteiger partial charge in [0.05, 0.1) is 5.33 Å². The van der Waals surface area contributed by atoms with Gasteiger partial charge in [-0.2, -0.15) is 0 Å². The SMILES string of the molecule is NC=C(C(=O)CBr)c1ccccc1. The molecule has 0 spiro atoms. The van der Waals surface area contributed by atoms with Gasteiger partial charge >= 0.3 is 0 Å². The van der Waals surface area contributed by atoms with Gasteiger partial charge in [0.1, 0.15) is 0 Å². The van der Waals surface area contributed by atoms with Gasteiger partial charge in [-0.25, -0.2) is 0 Å². The predicted octanol–water partition coefficient (Wildman–Crippen LogP) is 1.95. The van der Waals surface area contributed by atoms with E-state index in [-0.39, 0.29) is 5.78 Å². The molecule has 0 aliphatic carbocycles. The van der Waals surface area contributed by atoms with Gasteiger partial charge in [0, 0.05) is 11.8 Å². The lowest BCUT2D eigenvalue weighted by Crippen LogP contribution is -2.04. The lowest BCUT2D eigenvalue weighted by molar-refractivity contribution is -0.111. The number of nitrogens with two attached hydrogens (primary N) is 1. The summed E-state index contributed by atoms with van der Waals surface area (Å²) in [5.74, 6) is -0.00583. The zero-order valence-corrected chi connectivity index (χ0v) is 8.62. The van der Waals surface area contributed by atoms with Crippen molar-refractivity contribution in [2.45, 2.75) is 0 Å².